The number of carbonyl (C=O) groups excluding carboxylic acids is 1. The lowest BCUT2D eigenvalue weighted by Crippen LogP contribution is -2.46. The molecule has 0 unspecified atom stereocenters. The van der Waals surface area contributed by atoms with Gasteiger partial charge in [-0.15, -0.1) is 0 Å². The Morgan fingerprint density at radius 3 is 2.60 bits per heavy atom. The van der Waals surface area contributed by atoms with Gasteiger partial charge in [-0.2, -0.15) is 5.26 Å². The zero-order valence-corrected chi connectivity index (χ0v) is 12.3. The summed E-state index contributed by atoms with van der Waals surface area (Å²) in [5, 5.41) is 9.36. The molecule has 0 atom stereocenters. The van der Waals surface area contributed by atoms with E-state index in [9.17, 15) is 10.1 Å². The Morgan fingerprint density at radius 2 is 2.05 bits per heavy atom. The van der Waals surface area contributed by atoms with Crippen molar-refractivity contribution in [2.45, 2.75) is 32.6 Å². The van der Waals surface area contributed by atoms with E-state index in [4.69, 9.17) is 9.47 Å². The van der Waals surface area contributed by atoms with Gasteiger partial charge < -0.3 is 14.4 Å². The topological polar surface area (TPSA) is 62.6 Å². The number of carbonyl (C=O) groups is 1. The van der Waals surface area contributed by atoms with E-state index in [1.807, 2.05) is 0 Å². The van der Waals surface area contributed by atoms with Crippen LogP contribution < -0.4 is 0 Å². The van der Waals surface area contributed by atoms with Crippen LogP contribution in [0.3, 0.4) is 0 Å². The van der Waals surface area contributed by atoms with Gasteiger partial charge in [0.1, 0.15) is 0 Å². The molecule has 2 aliphatic rings. The molecule has 0 aromatic heterocycles. The maximum absolute atomic E-state index is 12.0. The summed E-state index contributed by atoms with van der Waals surface area (Å²) in [5.74, 6) is 0.356. The Labute approximate surface area is 120 Å². The number of hydrogen-bond acceptors (Lipinski definition) is 5. The molecule has 0 radical (unpaired) electrons. The Morgan fingerprint density at radius 1 is 1.40 bits per heavy atom. The van der Waals surface area contributed by atoms with Crippen LogP contribution in [0.5, 0.6) is 0 Å². The van der Waals surface area contributed by atoms with Crippen LogP contribution in [0, 0.1) is 22.7 Å². The molecular weight excluding hydrogens is 256 g/mol. The van der Waals surface area contributed by atoms with Crippen LogP contribution in [0.25, 0.3) is 0 Å². The van der Waals surface area contributed by atoms with Crippen molar-refractivity contribution in [1.82, 2.24) is 4.90 Å². The minimum atomic E-state index is -0.914. The van der Waals surface area contributed by atoms with Gasteiger partial charge in [-0.1, -0.05) is 0 Å². The molecule has 2 saturated heterocycles. The first-order valence-electron chi connectivity index (χ1n) is 7.59. The predicted octanol–water partition coefficient (Wildman–Crippen LogP) is 1.58. The Bertz CT molecular complexity index is 364. The Balaban J connectivity index is 1.84. The van der Waals surface area contributed by atoms with E-state index in [0.717, 1.165) is 45.7 Å². The number of nitrogens with zero attached hydrogens (tertiary/aromatic N) is 2. The highest BCUT2D eigenvalue weighted by Gasteiger charge is 2.43. The summed E-state index contributed by atoms with van der Waals surface area (Å²) in [4.78, 5) is 14.3. The lowest BCUT2D eigenvalue weighted by Gasteiger charge is -2.37. The number of rotatable bonds is 4. The number of hydrogen-bond donors (Lipinski definition) is 0. The Kier molecular flexibility index (Phi) is 5.38. The SMILES string of the molecule is CCOC(=O)C1(C#N)CCN(CC2CCOCC2)CC1. The molecular formula is C15H24N2O3. The van der Waals surface area contributed by atoms with Gasteiger partial charge in [0.05, 0.1) is 12.7 Å². The molecule has 0 aliphatic carbocycles. The molecule has 0 aromatic carbocycles. The first-order valence-corrected chi connectivity index (χ1v) is 7.59. The van der Waals surface area contributed by atoms with Crippen molar-refractivity contribution in [3.8, 4) is 6.07 Å². The van der Waals surface area contributed by atoms with Crippen LogP contribution in [-0.2, 0) is 14.3 Å². The maximum atomic E-state index is 12.0. The summed E-state index contributed by atoms with van der Waals surface area (Å²) in [6.07, 6.45) is 3.42. The van der Waals surface area contributed by atoms with Crippen LogP contribution in [0.2, 0.25) is 0 Å². The van der Waals surface area contributed by atoms with Gasteiger partial charge in [-0.05, 0) is 38.5 Å². The largest absolute Gasteiger partial charge is 0.465 e. The fourth-order valence-corrected chi connectivity index (χ4v) is 3.04. The average molecular weight is 280 g/mol. The highest BCUT2D eigenvalue weighted by Crippen LogP contribution is 2.33. The standard InChI is InChI=1S/C15H24N2O3/c1-2-20-14(18)15(12-16)5-7-17(8-6-15)11-13-3-9-19-10-4-13/h13H,2-11H2,1H3. The third-order valence-electron chi connectivity index (χ3n) is 4.45. The second kappa shape index (κ2) is 7.05. The fourth-order valence-electron chi connectivity index (χ4n) is 3.04. The van der Waals surface area contributed by atoms with Crippen LogP contribution in [0.1, 0.15) is 32.6 Å². The van der Waals surface area contributed by atoms with Gasteiger partial charge in [0.15, 0.2) is 5.41 Å². The molecule has 0 bridgehead atoms. The van der Waals surface area contributed by atoms with Crippen LogP contribution in [0.4, 0.5) is 0 Å². The predicted molar refractivity (Wildman–Crippen MR) is 73.9 cm³/mol. The normalized spacial score (nSPS) is 24.0. The van der Waals surface area contributed by atoms with Gasteiger partial charge in [-0.25, -0.2) is 0 Å². The number of nitriles is 1. The van der Waals surface area contributed by atoms with Crippen molar-refractivity contribution in [2.24, 2.45) is 11.3 Å². The molecule has 0 spiro atoms. The average Bonchev–Trinajstić information content (AvgIpc) is 2.49. The van der Waals surface area contributed by atoms with Gasteiger partial charge in [0.2, 0.25) is 0 Å². The van der Waals surface area contributed by atoms with E-state index in [2.05, 4.69) is 11.0 Å². The first-order chi connectivity index (χ1) is 9.70. The van der Waals surface area contributed by atoms with Crippen molar-refractivity contribution >= 4 is 5.97 Å². The maximum Gasteiger partial charge on any atom is 0.326 e. The van der Waals surface area contributed by atoms with Crippen molar-refractivity contribution in [3.63, 3.8) is 0 Å². The lowest BCUT2D eigenvalue weighted by molar-refractivity contribution is -0.154. The fraction of sp³-hybridized carbons (Fsp3) is 0.867. The summed E-state index contributed by atoms with van der Waals surface area (Å²) in [6, 6.07) is 2.20. The molecule has 0 N–H and O–H groups in total. The van der Waals surface area contributed by atoms with Crippen LogP contribution >= 0.6 is 0 Å². The zero-order chi connectivity index (χ0) is 14.4. The third kappa shape index (κ3) is 3.50. The summed E-state index contributed by atoms with van der Waals surface area (Å²) in [7, 11) is 0. The van der Waals surface area contributed by atoms with E-state index < -0.39 is 5.41 Å². The molecule has 2 fully saturated rings. The highest BCUT2D eigenvalue weighted by atomic mass is 16.5. The second-order valence-corrected chi connectivity index (χ2v) is 5.77. The second-order valence-electron chi connectivity index (χ2n) is 5.77. The van der Waals surface area contributed by atoms with E-state index >= 15 is 0 Å². The summed E-state index contributed by atoms with van der Waals surface area (Å²) in [5.41, 5.74) is -0.914. The molecule has 112 valence electrons. The number of piperidine rings is 1. The smallest absolute Gasteiger partial charge is 0.326 e. The van der Waals surface area contributed by atoms with E-state index in [-0.39, 0.29) is 5.97 Å². The third-order valence-corrected chi connectivity index (χ3v) is 4.45. The van der Waals surface area contributed by atoms with E-state index in [0.29, 0.717) is 25.4 Å². The van der Waals surface area contributed by atoms with Crippen LogP contribution in [-0.4, -0.2) is 50.3 Å². The number of likely N-dealkylation sites (tertiary alicyclic amines) is 1. The molecule has 5 nitrogen and oxygen atoms in total. The monoisotopic (exact) mass is 280 g/mol. The highest BCUT2D eigenvalue weighted by molar-refractivity contribution is 5.80. The van der Waals surface area contributed by atoms with Gasteiger partial charge in [0, 0.05) is 32.8 Å². The molecule has 5 heteroatoms. The van der Waals surface area contributed by atoms with Gasteiger partial charge in [-0.3, -0.25) is 4.79 Å². The summed E-state index contributed by atoms with van der Waals surface area (Å²) >= 11 is 0. The molecule has 2 aliphatic heterocycles. The van der Waals surface area contributed by atoms with Crippen molar-refractivity contribution in [3.05, 3.63) is 0 Å². The Hall–Kier alpha value is -1.12. The van der Waals surface area contributed by atoms with Crippen molar-refractivity contribution < 1.29 is 14.3 Å². The molecule has 2 rings (SSSR count). The molecule has 0 aromatic rings. The molecule has 20 heavy (non-hydrogen) atoms. The molecule has 2 heterocycles. The number of esters is 1. The minimum Gasteiger partial charge on any atom is -0.465 e. The number of ether oxygens (including phenoxy) is 2. The van der Waals surface area contributed by atoms with Gasteiger partial charge in [0.25, 0.3) is 0 Å². The molecule has 0 amide bonds. The molecule has 0 saturated carbocycles. The lowest BCUT2D eigenvalue weighted by atomic mass is 9.79. The first kappa shape index (κ1) is 15.3. The van der Waals surface area contributed by atoms with Gasteiger partial charge >= 0.3 is 5.97 Å². The van der Waals surface area contributed by atoms with Crippen molar-refractivity contribution in [1.29, 1.82) is 5.26 Å². The quantitative estimate of drug-likeness (QED) is 0.732. The van der Waals surface area contributed by atoms with Crippen molar-refractivity contribution in [2.75, 3.05) is 39.5 Å². The minimum absolute atomic E-state index is 0.340. The summed E-state index contributed by atoms with van der Waals surface area (Å²) < 4.78 is 10.4. The zero-order valence-electron chi connectivity index (χ0n) is 12.3. The van der Waals surface area contributed by atoms with E-state index in [1.165, 1.54) is 0 Å². The van der Waals surface area contributed by atoms with E-state index in [1.54, 1.807) is 6.92 Å². The van der Waals surface area contributed by atoms with Crippen LogP contribution in [0.15, 0.2) is 0 Å². The summed E-state index contributed by atoms with van der Waals surface area (Å²) in [6.45, 7) is 6.53.